The Morgan fingerprint density at radius 3 is 2.63 bits per heavy atom. The minimum absolute atomic E-state index is 0.328. The molecule has 2 rings (SSSR count). The number of aromatic hydroxyl groups is 1. The van der Waals surface area contributed by atoms with Crippen LogP contribution in [0.25, 0.3) is 11.4 Å². The molecule has 1 aromatic carbocycles. The van der Waals surface area contributed by atoms with E-state index in [1.807, 2.05) is 0 Å². The number of nitrogens with zero attached hydrogens (tertiary/aromatic N) is 2. The Hall–Kier alpha value is -1.68. The Labute approximate surface area is 116 Å². The first-order chi connectivity index (χ1) is 8.95. The zero-order chi connectivity index (χ0) is 14.0. The lowest BCUT2D eigenvalue weighted by Crippen LogP contribution is -2.00. The van der Waals surface area contributed by atoms with E-state index in [0.29, 0.717) is 22.5 Å². The van der Waals surface area contributed by atoms with Crippen molar-refractivity contribution in [2.45, 2.75) is 20.3 Å². The molecule has 0 aliphatic rings. The Kier molecular flexibility index (Phi) is 4.00. The van der Waals surface area contributed by atoms with Gasteiger partial charge in [0.25, 0.3) is 0 Å². The molecule has 0 saturated carbocycles. The molecule has 2 aromatic rings. The summed E-state index contributed by atoms with van der Waals surface area (Å²) in [5.41, 5.74) is 1.31. The minimum Gasteiger partial charge on any atom is -0.505 e. The van der Waals surface area contributed by atoms with Crippen LogP contribution < -0.4 is 0 Å². The van der Waals surface area contributed by atoms with Crippen molar-refractivity contribution in [3.8, 4) is 17.1 Å². The number of rotatable bonds is 3. The van der Waals surface area contributed by atoms with Gasteiger partial charge >= 0.3 is 0 Å². The fourth-order valence-corrected chi connectivity index (χ4v) is 1.97. The van der Waals surface area contributed by atoms with Gasteiger partial charge in [0.2, 0.25) is 0 Å². The van der Waals surface area contributed by atoms with Gasteiger partial charge in [-0.1, -0.05) is 25.4 Å². The van der Waals surface area contributed by atoms with Crippen molar-refractivity contribution in [1.29, 1.82) is 0 Å². The summed E-state index contributed by atoms with van der Waals surface area (Å²) in [6.07, 6.45) is 0.774. The second-order valence-corrected chi connectivity index (χ2v) is 5.16. The van der Waals surface area contributed by atoms with E-state index in [1.165, 1.54) is 12.1 Å². The maximum absolute atomic E-state index is 13.3. The Morgan fingerprint density at radius 1 is 1.26 bits per heavy atom. The molecule has 1 N–H and O–H groups in total. The number of halogens is 2. The van der Waals surface area contributed by atoms with Crippen LogP contribution in [0.5, 0.6) is 5.75 Å². The van der Waals surface area contributed by atoms with E-state index in [9.17, 15) is 9.50 Å². The molecule has 1 aromatic heterocycles. The molecule has 0 unspecified atom stereocenters. The van der Waals surface area contributed by atoms with Crippen molar-refractivity contribution in [2.24, 2.45) is 5.92 Å². The third-order valence-corrected chi connectivity index (χ3v) is 2.76. The summed E-state index contributed by atoms with van der Waals surface area (Å²) in [7, 11) is 0. The number of aromatic nitrogens is 2. The second-order valence-electron chi connectivity index (χ2n) is 4.77. The monoisotopic (exact) mass is 280 g/mol. The number of hydrogen-bond donors (Lipinski definition) is 1. The maximum Gasteiger partial charge on any atom is 0.165 e. The van der Waals surface area contributed by atoms with Gasteiger partial charge in [0.15, 0.2) is 17.4 Å². The van der Waals surface area contributed by atoms with Crippen LogP contribution in [0.3, 0.4) is 0 Å². The van der Waals surface area contributed by atoms with Crippen LogP contribution in [0.2, 0.25) is 5.15 Å². The van der Waals surface area contributed by atoms with Crippen molar-refractivity contribution in [3.63, 3.8) is 0 Å². The Balaban J connectivity index is 2.43. The summed E-state index contributed by atoms with van der Waals surface area (Å²) in [5.74, 6) is -0.294. The number of phenols is 1. The first-order valence-corrected chi connectivity index (χ1v) is 6.36. The molecule has 0 atom stereocenters. The van der Waals surface area contributed by atoms with E-state index in [-0.39, 0.29) is 0 Å². The van der Waals surface area contributed by atoms with Crippen LogP contribution >= 0.6 is 11.6 Å². The number of phenolic OH excluding ortho intramolecular Hbond substituents is 1. The van der Waals surface area contributed by atoms with Crippen LogP contribution in [0.15, 0.2) is 24.3 Å². The topological polar surface area (TPSA) is 46.0 Å². The molecule has 0 radical (unpaired) electrons. The summed E-state index contributed by atoms with van der Waals surface area (Å²) in [4.78, 5) is 8.46. The van der Waals surface area contributed by atoms with E-state index < -0.39 is 11.6 Å². The van der Waals surface area contributed by atoms with Gasteiger partial charge < -0.3 is 5.11 Å². The molecule has 1 heterocycles. The molecule has 100 valence electrons. The quantitative estimate of drug-likeness (QED) is 0.869. The third kappa shape index (κ3) is 3.41. The molecule has 3 nitrogen and oxygen atoms in total. The number of hydrogen-bond acceptors (Lipinski definition) is 3. The van der Waals surface area contributed by atoms with Gasteiger partial charge in [-0.3, -0.25) is 0 Å². The van der Waals surface area contributed by atoms with Gasteiger partial charge in [-0.25, -0.2) is 14.4 Å². The first kappa shape index (κ1) is 13.7. The van der Waals surface area contributed by atoms with Gasteiger partial charge in [0.1, 0.15) is 5.15 Å². The van der Waals surface area contributed by atoms with Gasteiger partial charge in [0, 0.05) is 11.3 Å². The van der Waals surface area contributed by atoms with Crippen LogP contribution in [0.1, 0.15) is 19.5 Å². The summed E-state index contributed by atoms with van der Waals surface area (Å²) in [5, 5.41) is 9.50. The summed E-state index contributed by atoms with van der Waals surface area (Å²) in [6, 6.07) is 5.74. The molecular weight excluding hydrogens is 267 g/mol. The summed E-state index contributed by atoms with van der Waals surface area (Å²) >= 11 is 5.96. The van der Waals surface area contributed by atoms with Crippen molar-refractivity contribution in [2.75, 3.05) is 0 Å². The second kappa shape index (κ2) is 5.53. The number of benzene rings is 1. The average Bonchev–Trinajstić information content (AvgIpc) is 2.31. The Bertz CT molecular complexity index is 602. The van der Waals surface area contributed by atoms with Crippen LogP contribution in [-0.2, 0) is 6.42 Å². The van der Waals surface area contributed by atoms with Gasteiger partial charge in [-0.15, -0.1) is 0 Å². The van der Waals surface area contributed by atoms with Crippen molar-refractivity contribution in [1.82, 2.24) is 9.97 Å². The molecule has 0 fully saturated rings. The molecular formula is C14H14ClFN2O. The zero-order valence-corrected chi connectivity index (χ0v) is 11.4. The molecule has 0 bridgehead atoms. The van der Waals surface area contributed by atoms with E-state index in [2.05, 4.69) is 23.8 Å². The average molecular weight is 281 g/mol. The maximum atomic E-state index is 13.3. The highest BCUT2D eigenvalue weighted by Crippen LogP contribution is 2.24. The molecule has 0 spiro atoms. The molecule has 0 saturated heterocycles. The molecule has 0 aliphatic carbocycles. The lowest BCUT2D eigenvalue weighted by molar-refractivity contribution is 0.432. The van der Waals surface area contributed by atoms with Crippen LogP contribution in [0.4, 0.5) is 4.39 Å². The van der Waals surface area contributed by atoms with Crippen molar-refractivity contribution >= 4 is 11.6 Å². The largest absolute Gasteiger partial charge is 0.505 e. The summed E-state index contributed by atoms with van der Waals surface area (Å²) in [6.45, 7) is 4.16. The third-order valence-electron chi connectivity index (χ3n) is 2.57. The van der Waals surface area contributed by atoms with Gasteiger partial charge in [-0.05, 0) is 36.6 Å². The van der Waals surface area contributed by atoms with Gasteiger partial charge in [0.05, 0.1) is 0 Å². The highest BCUT2D eigenvalue weighted by atomic mass is 35.5. The van der Waals surface area contributed by atoms with Gasteiger partial charge in [-0.2, -0.15) is 0 Å². The highest BCUT2D eigenvalue weighted by Gasteiger charge is 2.10. The SMILES string of the molecule is CC(C)Cc1cc(Cl)nc(-c2ccc(O)c(F)c2)n1. The minimum atomic E-state index is -0.702. The van der Waals surface area contributed by atoms with Crippen molar-refractivity contribution in [3.05, 3.63) is 40.9 Å². The molecule has 0 aliphatic heterocycles. The van der Waals surface area contributed by atoms with Crippen LogP contribution in [-0.4, -0.2) is 15.1 Å². The Morgan fingerprint density at radius 2 is 2.00 bits per heavy atom. The predicted octanol–water partition coefficient (Wildman–Crippen LogP) is 3.84. The molecule has 5 heteroatoms. The lowest BCUT2D eigenvalue weighted by Gasteiger charge is -2.07. The smallest absolute Gasteiger partial charge is 0.165 e. The first-order valence-electron chi connectivity index (χ1n) is 5.98. The molecule has 19 heavy (non-hydrogen) atoms. The van der Waals surface area contributed by atoms with E-state index in [4.69, 9.17) is 11.6 Å². The summed E-state index contributed by atoms with van der Waals surface area (Å²) < 4.78 is 13.3. The van der Waals surface area contributed by atoms with E-state index >= 15 is 0 Å². The predicted molar refractivity (Wildman–Crippen MR) is 72.6 cm³/mol. The lowest BCUT2D eigenvalue weighted by atomic mass is 10.1. The fraction of sp³-hybridized carbons (Fsp3) is 0.286. The molecule has 0 amide bonds. The van der Waals surface area contributed by atoms with E-state index in [1.54, 1.807) is 12.1 Å². The highest BCUT2D eigenvalue weighted by molar-refractivity contribution is 6.29. The van der Waals surface area contributed by atoms with E-state index in [0.717, 1.165) is 12.1 Å². The zero-order valence-electron chi connectivity index (χ0n) is 10.7. The standard InChI is InChI=1S/C14H14ClFN2O/c1-8(2)5-10-7-13(15)18-14(17-10)9-3-4-12(19)11(16)6-9/h3-4,6-8,19H,5H2,1-2H3. The van der Waals surface area contributed by atoms with Crippen molar-refractivity contribution < 1.29 is 9.50 Å². The fourth-order valence-electron chi connectivity index (χ4n) is 1.76. The normalized spacial score (nSPS) is 11.0. The van der Waals surface area contributed by atoms with Crippen LogP contribution in [0, 0.1) is 11.7 Å².